The predicted molar refractivity (Wildman–Crippen MR) is 70.7 cm³/mol. The van der Waals surface area contributed by atoms with Gasteiger partial charge in [0.2, 0.25) is 0 Å². The number of ketones is 1. The molecule has 0 radical (unpaired) electrons. The number of rotatable bonds is 5. The van der Waals surface area contributed by atoms with Gasteiger partial charge in [-0.05, 0) is 26.1 Å². The summed E-state index contributed by atoms with van der Waals surface area (Å²) in [5, 5.41) is 8.70. The average Bonchev–Trinajstić information content (AvgIpc) is 2.28. The molecule has 1 rings (SSSR count). The fourth-order valence-electron chi connectivity index (χ4n) is 1.57. The number of carbonyl (C=O) groups excluding carboxylic acids is 1. The highest BCUT2D eigenvalue weighted by molar-refractivity contribution is 9.10. The van der Waals surface area contributed by atoms with E-state index >= 15 is 0 Å². The van der Waals surface area contributed by atoms with Crippen molar-refractivity contribution in [3.8, 4) is 6.07 Å². The number of nitriles is 1. The second kappa shape index (κ2) is 6.53. The number of nitrogens with zero attached hydrogens (tertiary/aromatic N) is 2. The molecule has 0 aliphatic heterocycles. The summed E-state index contributed by atoms with van der Waals surface area (Å²) in [6.07, 6.45) is 0. The minimum Gasteiger partial charge on any atom is -0.298 e. The molecule has 0 bridgehead atoms. The predicted octanol–water partition coefficient (Wildman–Crippen LogP) is 2.72. The monoisotopic (exact) mass is 294 g/mol. The fraction of sp³-hybridized carbons (Fsp3) is 0.385. The van der Waals surface area contributed by atoms with Crippen molar-refractivity contribution < 1.29 is 4.79 Å². The summed E-state index contributed by atoms with van der Waals surface area (Å²) in [6, 6.07) is 9.50. The fourth-order valence-corrected chi connectivity index (χ4v) is 1.97. The summed E-state index contributed by atoms with van der Waals surface area (Å²) >= 11 is 3.34. The zero-order valence-electron chi connectivity index (χ0n) is 9.98. The van der Waals surface area contributed by atoms with Crippen molar-refractivity contribution in [1.29, 1.82) is 5.26 Å². The van der Waals surface area contributed by atoms with Crippen LogP contribution in [0.1, 0.15) is 17.3 Å². The van der Waals surface area contributed by atoms with E-state index in [1.165, 1.54) is 0 Å². The molecular formula is C13H15BrN2O. The van der Waals surface area contributed by atoms with Gasteiger partial charge in [0.15, 0.2) is 5.78 Å². The van der Waals surface area contributed by atoms with Crippen LogP contribution in [-0.4, -0.2) is 30.8 Å². The average molecular weight is 295 g/mol. The topological polar surface area (TPSA) is 44.1 Å². The molecule has 0 fully saturated rings. The summed E-state index contributed by atoms with van der Waals surface area (Å²) in [5.74, 6) is 0.00856. The number of carbonyl (C=O) groups is 1. The first-order valence-electron chi connectivity index (χ1n) is 5.40. The van der Waals surface area contributed by atoms with E-state index in [-0.39, 0.29) is 11.7 Å². The number of benzene rings is 1. The van der Waals surface area contributed by atoms with Gasteiger partial charge in [0.1, 0.15) is 0 Å². The van der Waals surface area contributed by atoms with E-state index in [1.807, 2.05) is 37.1 Å². The van der Waals surface area contributed by atoms with Crippen LogP contribution in [0.2, 0.25) is 0 Å². The molecule has 0 spiro atoms. The summed E-state index contributed by atoms with van der Waals surface area (Å²) in [5.41, 5.74) is 0.691. The van der Waals surface area contributed by atoms with E-state index in [1.54, 1.807) is 6.07 Å². The zero-order valence-corrected chi connectivity index (χ0v) is 11.6. The van der Waals surface area contributed by atoms with E-state index in [4.69, 9.17) is 5.26 Å². The van der Waals surface area contributed by atoms with E-state index in [0.717, 1.165) is 4.47 Å². The first kappa shape index (κ1) is 13.9. The van der Waals surface area contributed by atoms with E-state index in [9.17, 15) is 4.79 Å². The molecule has 17 heavy (non-hydrogen) atoms. The number of Topliss-reactive ketones (excluding diaryl/α,β-unsaturated/α-hetero) is 1. The molecule has 1 atom stereocenters. The molecule has 1 aromatic rings. The third-order valence-electron chi connectivity index (χ3n) is 2.37. The lowest BCUT2D eigenvalue weighted by Crippen LogP contribution is -2.29. The molecular weight excluding hydrogens is 280 g/mol. The summed E-state index contributed by atoms with van der Waals surface area (Å²) in [7, 11) is 1.85. The number of hydrogen-bond donors (Lipinski definition) is 0. The third kappa shape index (κ3) is 4.68. The Morgan fingerprint density at radius 1 is 1.59 bits per heavy atom. The summed E-state index contributed by atoms with van der Waals surface area (Å²) in [6.45, 7) is 2.79. The molecule has 90 valence electrons. The standard InChI is InChI=1S/C13H15BrN2O/c1-10(7-15)8-16(2)9-13(17)11-4-3-5-12(14)6-11/h3-6,10H,8-9H2,1-2H3. The second-order valence-electron chi connectivity index (χ2n) is 4.16. The Morgan fingerprint density at radius 3 is 2.88 bits per heavy atom. The van der Waals surface area contributed by atoms with Crippen molar-refractivity contribution in [3.05, 3.63) is 34.3 Å². The highest BCUT2D eigenvalue weighted by Gasteiger charge is 2.11. The van der Waals surface area contributed by atoms with E-state index in [2.05, 4.69) is 22.0 Å². The van der Waals surface area contributed by atoms with Gasteiger partial charge in [-0.15, -0.1) is 0 Å². The Morgan fingerprint density at radius 2 is 2.29 bits per heavy atom. The van der Waals surface area contributed by atoms with Crippen molar-refractivity contribution in [2.24, 2.45) is 5.92 Å². The van der Waals surface area contributed by atoms with Gasteiger partial charge in [-0.1, -0.05) is 28.1 Å². The molecule has 4 heteroatoms. The highest BCUT2D eigenvalue weighted by atomic mass is 79.9. The molecule has 3 nitrogen and oxygen atoms in total. The van der Waals surface area contributed by atoms with Gasteiger partial charge in [-0.3, -0.25) is 9.69 Å². The van der Waals surface area contributed by atoms with Gasteiger partial charge < -0.3 is 0 Å². The van der Waals surface area contributed by atoms with Gasteiger partial charge in [0.05, 0.1) is 18.5 Å². The number of likely N-dealkylation sites (N-methyl/N-ethyl adjacent to an activating group) is 1. The molecule has 0 heterocycles. The van der Waals surface area contributed by atoms with Gasteiger partial charge in [0.25, 0.3) is 0 Å². The Hall–Kier alpha value is -1.18. The van der Waals surface area contributed by atoms with Crippen LogP contribution in [0.3, 0.4) is 0 Å². The van der Waals surface area contributed by atoms with Crippen LogP contribution in [0, 0.1) is 17.2 Å². The molecule has 0 N–H and O–H groups in total. The molecule has 0 aliphatic rings. The van der Waals surface area contributed by atoms with Crippen molar-refractivity contribution in [2.45, 2.75) is 6.92 Å². The Balaban J connectivity index is 2.58. The Kier molecular flexibility index (Phi) is 5.33. The van der Waals surface area contributed by atoms with Crippen LogP contribution in [0.4, 0.5) is 0 Å². The van der Waals surface area contributed by atoms with Crippen molar-refractivity contribution in [2.75, 3.05) is 20.1 Å². The molecule has 0 aliphatic carbocycles. The van der Waals surface area contributed by atoms with Gasteiger partial charge >= 0.3 is 0 Å². The number of hydrogen-bond acceptors (Lipinski definition) is 3. The lowest BCUT2D eigenvalue weighted by Gasteiger charge is -2.16. The Bertz CT molecular complexity index is 439. The quantitative estimate of drug-likeness (QED) is 0.785. The van der Waals surface area contributed by atoms with Crippen molar-refractivity contribution in [1.82, 2.24) is 4.90 Å². The first-order chi connectivity index (χ1) is 8.02. The smallest absolute Gasteiger partial charge is 0.176 e. The van der Waals surface area contributed by atoms with Crippen LogP contribution < -0.4 is 0 Å². The van der Waals surface area contributed by atoms with Crippen molar-refractivity contribution >= 4 is 21.7 Å². The minimum absolute atomic E-state index is 0.0599. The highest BCUT2D eigenvalue weighted by Crippen LogP contribution is 2.12. The largest absolute Gasteiger partial charge is 0.298 e. The molecule has 0 saturated heterocycles. The molecule has 1 aromatic carbocycles. The molecule has 1 unspecified atom stereocenters. The van der Waals surface area contributed by atoms with Crippen LogP contribution in [0.5, 0.6) is 0 Å². The maximum atomic E-state index is 11.9. The van der Waals surface area contributed by atoms with Gasteiger partial charge in [0, 0.05) is 16.6 Å². The van der Waals surface area contributed by atoms with Gasteiger partial charge in [-0.2, -0.15) is 5.26 Å². The summed E-state index contributed by atoms with van der Waals surface area (Å²) in [4.78, 5) is 13.8. The van der Waals surface area contributed by atoms with E-state index < -0.39 is 0 Å². The Labute approximate surface area is 110 Å². The lowest BCUT2D eigenvalue weighted by atomic mass is 10.1. The molecule has 0 amide bonds. The molecule has 0 aromatic heterocycles. The van der Waals surface area contributed by atoms with Crippen LogP contribution >= 0.6 is 15.9 Å². The van der Waals surface area contributed by atoms with Crippen LogP contribution in [-0.2, 0) is 0 Å². The second-order valence-corrected chi connectivity index (χ2v) is 5.08. The third-order valence-corrected chi connectivity index (χ3v) is 2.86. The number of halogens is 1. The lowest BCUT2D eigenvalue weighted by molar-refractivity contribution is 0.0942. The maximum Gasteiger partial charge on any atom is 0.176 e. The van der Waals surface area contributed by atoms with Crippen LogP contribution in [0.25, 0.3) is 0 Å². The molecule has 0 saturated carbocycles. The minimum atomic E-state index is -0.0599. The SMILES string of the molecule is CC(C#N)CN(C)CC(=O)c1cccc(Br)c1. The normalized spacial score (nSPS) is 12.2. The van der Waals surface area contributed by atoms with Gasteiger partial charge in [-0.25, -0.2) is 0 Å². The van der Waals surface area contributed by atoms with Crippen molar-refractivity contribution in [3.63, 3.8) is 0 Å². The van der Waals surface area contributed by atoms with E-state index in [0.29, 0.717) is 18.7 Å². The maximum absolute atomic E-state index is 11.9. The summed E-state index contributed by atoms with van der Waals surface area (Å²) < 4.78 is 0.899. The first-order valence-corrected chi connectivity index (χ1v) is 6.19. The van der Waals surface area contributed by atoms with Crippen LogP contribution in [0.15, 0.2) is 28.7 Å². The zero-order chi connectivity index (χ0) is 12.8.